The molecule has 6 N–H and O–H groups in total. The number of primary amides is 1. The van der Waals surface area contributed by atoms with Crippen LogP contribution in [0, 0.1) is 43.3 Å². The van der Waals surface area contributed by atoms with Crippen LogP contribution in [0.25, 0.3) is 11.4 Å². The molecule has 1 saturated carbocycles. The Morgan fingerprint density at radius 2 is 1.49 bits per heavy atom. The van der Waals surface area contributed by atoms with Gasteiger partial charge in [0.1, 0.15) is 17.3 Å². The van der Waals surface area contributed by atoms with Gasteiger partial charge in [0, 0.05) is 77.5 Å². The molecule has 0 spiro atoms. The zero-order chi connectivity index (χ0) is 58.2. The van der Waals surface area contributed by atoms with Gasteiger partial charge in [0.05, 0.1) is 47.1 Å². The molecule has 1 aliphatic heterocycles. The SMILES string of the molecule is Cc1ccc(C(=O)Nc2cc(-n3ccnc3CN(C)C)cc(C(F)(F)F)c2)cc1C#Cc1cnc(C(=O)NC2CC2)n1C.Cc1ccc(NC(=O)c2cc(F)cc(-n3cnc(CN4CCCC4)c3)c2)cc1C#Cc1cnc(NC(N)=O)s1. The van der Waals surface area contributed by atoms with E-state index >= 15 is 0 Å². The molecule has 8 aromatic rings. The second kappa shape index (κ2) is 24.9. The molecular formula is C59H56F4N14O4S. The minimum absolute atomic E-state index is 0.0144. The molecule has 0 bridgehead atoms. The summed E-state index contributed by atoms with van der Waals surface area (Å²) < 4.78 is 60.9. The van der Waals surface area contributed by atoms with E-state index in [1.165, 1.54) is 54.8 Å². The number of alkyl halides is 3. The molecule has 4 aromatic heterocycles. The maximum Gasteiger partial charge on any atom is 0.416 e. The number of imidazole rings is 3. The number of carbonyl (C=O) groups excluding carboxylic acids is 4. The fourth-order valence-electron chi connectivity index (χ4n) is 8.67. The number of likely N-dealkylation sites (tertiary alicyclic amines) is 1. The number of carbonyl (C=O) groups is 4. The van der Waals surface area contributed by atoms with Crippen molar-refractivity contribution in [2.45, 2.75) is 64.8 Å². The summed E-state index contributed by atoms with van der Waals surface area (Å²) >= 11 is 1.20. The van der Waals surface area contributed by atoms with E-state index < -0.39 is 35.4 Å². The van der Waals surface area contributed by atoms with Crippen LogP contribution in [0.2, 0.25) is 0 Å². The number of aryl methyl sites for hydroxylation is 2. The number of amides is 5. The third-order valence-electron chi connectivity index (χ3n) is 13.1. The van der Waals surface area contributed by atoms with Crippen LogP contribution in [-0.2, 0) is 26.3 Å². The number of halogens is 4. The van der Waals surface area contributed by atoms with Crippen molar-refractivity contribution >= 4 is 51.6 Å². The third kappa shape index (κ3) is 14.9. The number of thiazole rings is 1. The van der Waals surface area contributed by atoms with Gasteiger partial charge in [-0.1, -0.05) is 35.3 Å². The Morgan fingerprint density at radius 1 is 0.768 bits per heavy atom. The minimum atomic E-state index is -4.63. The Bertz CT molecular complexity index is 3850. The number of benzene rings is 4. The van der Waals surface area contributed by atoms with Gasteiger partial charge in [-0.25, -0.2) is 29.1 Å². The molecule has 2 fully saturated rings. The lowest BCUT2D eigenvalue weighted by atomic mass is 10.0. The molecule has 0 atom stereocenters. The largest absolute Gasteiger partial charge is 0.416 e. The van der Waals surface area contributed by atoms with Crippen LogP contribution >= 0.6 is 11.3 Å². The van der Waals surface area contributed by atoms with Crippen molar-refractivity contribution in [1.82, 2.24) is 48.8 Å². The summed E-state index contributed by atoms with van der Waals surface area (Å²) in [5.41, 5.74) is 10.2. The minimum Gasteiger partial charge on any atom is -0.351 e. The van der Waals surface area contributed by atoms with E-state index in [2.05, 4.69) is 69.8 Å². The van der Waals surface area contributed by atoms with E-state index in [-0.39, 0.29) is 40.3 Å². The maximum atomic E-state index is 14.5. The number of hydrogen-bond acceptors (Lipinski definition) is 11. The summed E-state index contributed by atoms with van der Waals surface area (Å²) in [5.74, 6) is 11.1. The Kier molecular flexibility index (Phi) is 17.4. The first-order chi connectivity index (χ1) is 39.2. The number of aromatic nitrogens is 7. The van der Waals surface area contributed by atoms with Crippen LogP contribution in [-0.4, -0.2) is 100 Å². The highest BCUT2D eigenvalue weighted by molar-refractivity contribution is 7.16. The van der Waals surface area contributed by atoms with Crippen molar-refractivity contribution in [2.24, 2.45) is 12.8 Å². The molecule has 2 aliphatic rings. The van der Waals surface area contributed by atoms with Crippen molar-refractivity contribution < 1.29 is 36.7 Å². The van der Waals surface area contributed by atoms with Crippen LogP contribution < -0.4 is 27.0 Å². The lowest BCUT2D eigenvalue weighted by Crippen LogP contribution is -2.28. The van der Waals surface area contributed by atoms with E-state index in [0.717, 1.165) is 61.4 Å². The van der Waals surface area contributed by atoms with Gasteiger partial charge in [-0.2, -0.15) is 13.2 Å². The predicted octanol–water partition coefficient (Wildman–Crippen LogP) is 9.05. The number of anilines is 3. The molecule has 5 amide bonds. The van der Waals surface area contributed by atoms with E-state index in [4.69, 9.17) is 5.73 Å². The van der Waals surface area contributed by atoms with Crippen molar-refractivity contribution in [2.75, 3.05) is 43.1 Å². The second-order valence-corrected chi connectivity index (χ2v) is 21.0. The van der Waals surface area contributed by atoms with Gasteiger partial charge in [0.25, 0.3) is 17.7 Å². The number of hydrogen-bond donors (Lipinski definition) is 5. The summed E-state index contributed by atoms with van der Waals surface area (Å²) in [6, 6.07) is 17.4. The first-order valence-corrected chi connectivity index (χ1v) is 26.7. The van der Waals surface area contributed by atoms with Gasteiger partial charge in [-0.3, -0.25) is 24.6 Å². The Hall–Kier alpha value is -9.42. The van der Waals surface area contributed by atoms with Crippen molar-refractivity contribution in [3.8, 4) is 35.1 Å². The monoisotopic (exact) mass is 1130 g/mol. The molecule has 0 radical (unpaired) electrons. The standard InChI is InChI=1S/C31H30F3N7O2.C28H26FN7O2S/c1-19-5-6-21(13-20(19)7-10-25-17-36-28(40(25)4)30(43)37-23-8-9-23)29(42)38-24-14-22(31(32,33)34)15-26(16-24)41-12-11-35-27(41)18-39(2)3;1-18-4-6-22(11-19(18)5-7-25-14-31-28(39-25)34-27(30)38)33-26(37)20-10-21(29)13-24(12-20)36-16-23(32-17-36)15-35-8-2-3-9-35/h5-6,11-17,23H,8-9,18H2,1-4H3,(H,37,43)(H,38,42);4,6,10-14,16-17H,2-3,8-9,15H2,1H3,(H,33,37)(H3,30,31,34,38). The number of nitrogens with two attached hydrogens (primary N) is 1. The van der Waals surface area contributed by atoms with Gasteiger partial charge in [0.15, 0.2) is 11.0 Å². The smallest absolute Gasteiger partial charge is 0.351 e. The maximum absolute atomic E-state index is 14.5. The van der Waals surface area contributed by atoms with Crippen LogP contribution in [0.5, 0.6) is 0 Å². The van der Waals surface area contributed by atoms with E-state index in [1.54, 1.807) is 75.9 Å². The molecule has 1 aliphatic carbocycles. The predicted molar refractivity (Wildman–Crippen MR) is 303 cm³/mol. The Balaban J connectivity index is 0.000000198. The lowest BCUT2D eigenvalue weighted by Gasteiger charge is -2.16. The van der Waals surface area contributed by atoms with Gasteiger partial charge in [-0.05, 0) is 150 Å². The van der Waals surface area contributed by atoms with Crippen molar-refractivity contribution in [3.63, 3.8) is 0 Å². The molecule has 420 valence electrons. The number of rotatable bonds is 13. The zero-order valence-electron chi connectivity index (χ0n) is 45.3. The molecule has 5 heterocycles. The van der Waals surface area contributed by atoms with Crippen molar-refractivity contribution in [1.29, 1.82) is 0 Å². The van der Waals surface area contributed by atoms with Crippen molar-refractivity contribution in [3.05, 3.63) is 183 Å². The zero-order valence-corrected chi connectivity index (χ0v) is 46.1. The number of nitrogens with one attached hydrogen (secondary N) is 4. The summed E-state index contributed by atoms with van der Waals surface area (Å²) in [6.45, 7) is 7.02. The topological polar surface area (TPSA) is 215 Å². The molecule has 10 rings (SSSR count). The normalized spacial score (nSPS) is 13.0. The summed E-state index contributed by atoms with van der Waals surface area (Å²) in [5, 5.41) is 11.1. The quantitative estimate of drug-likeness (QED) is 0.0545. The lowest BCUT2D eigenvalue weighted by molar-refractivity contribution is -0.137. The number of nitrogens with zero attached hydrogens (tertiary/aromatic N) is 9. The van der Waals surface area contributed by atoms with Crippen LogP contribution in [0.4, 0.5) is 38.9 Å². The summed E-state index contributed by atoms with van der Waals surface area (Å²) in [6.07, 6.45) is 9.34. The molecule has 23 heteroatoms. The highest BCUT2D eigenvalue weighted by Gasteiger charge is 2.32. The van der Waals surface area contributed by atoms with E-state index in [9.17, 15) is 36.7 Å². The fraction of sp³-hybridized carbons (Fsp3) is 0.254. The van der Waals surface area contributed by atoms with Gasteiger partial charge >= 0.3 is 12.2 Å². The van der Waals surface area contributed by atoms with E-state index in [1.807, 2.05) is 45.1 Å². The van der Waals surface area contributed by atoms with Crippen LogP contribution in [0.3, 0.4) is 0 Å². The molecule has 82 heavy (non-hydrogen) atoms. The van der Waals surface area contributed by atoms with Crippen LogP contribution in [0.15, 0.2) is 110 Å². The fourth-order valence-corrected chi connectivity index (χ4v) is 9.35. The van der Waals surface area contributed by atoms with Gasteiger partial charge in [-0.15, -0.1) is 0 Å². The first kappa shape index (κ1) is 57.3. The average molecular weight is 1130 g/mol. The molecule has 4 aromatic carbocycles. The summed E-state index contributed by atoms with van der Waals surface area (Å²) in [4.78, 5) is 71.4. The molecule has 18 nitrogen and oxygen atoms in total. The molecular weight excluding hydrogens is 1080 g/mol. The second-order valence-electron chi connectivity index (χ2n) is 19.9. The van der Waals surface area contributed by atoms with E-state index in [0.29, 0.717) is 50.6 Å². The number of urea groups is 1. The summed E-state index contributed by atoms with van der Waals surface area (Å²) in [7, 11) is 5.37. The Morgan fingerprint density at radius 3 is 2.22 bits per heavy atom. The van der Waals surface area contributed by atoms with Crippen LogP contribution in [0.1, 0.15) is 107 Å². The van der Waals surface area contributed by atoms with Gasteiger partial charge < -0.3 is 40.3 Å². The molecule has 0 unspecified atom stereocenters. The third-order valence-corrected chi connectivity index (χ3v) is 13.9. The molecule has 1 saturated heterocycles. The van der Waals surface area contributed by atoms with Gasteiger partial charge in [0.2, 0.25) is 0 Å². The Labute approximate surface area is 473 Å². The highest BCUT2D eigenvalue weighted by Crippen LogP contribution is 2.34. The first-order valence-electron chi connectivity index (χ1n) is 25.9. The highest BCUT2D eigenvalue weighted by atomic mass is 32.1. The average Bonchev–Trinajstić information content (AvgIpc) is 4.15.